The minimum Gasteiger partial charge on any atom is -0.354 e. The van der Waals surface area contributed by atoms with Gasteiger partial charge in [0.05, 0.1) is 6.33 Å². The quantitative estimate of drug-likeness (QED) is 0.455. The second kappa shape index (κ2) is 9.46. The zero-order valence-corrected chi connectivity index (χ0v) is 16.3. The molecule has 2 heterocycles. The van der Waals surface area contributed by atoms with E-state index in [9.17, 15) is 0 Å². The zero-order valence-electron chi connectivity index (χ0n) is 13.9. The molecule has 5 nitrogen and oxygen atoms in total. The summed E-state index contributed by atoms with van der Waals surface area (Å²) in [5, 5.41) is 3.43. The van der Waals surface area contributed by atoms with E-state index in [4.69, 9.17) is 0 Å². The number of guanidine groups is 1. The molecule has 0 radical (unpaired) electrons. The molecule has 1 N–H and O–H groups in total. The van der Waals surface area contributed by atoms with E-state index < -0.39 is 0 Å². The average Bonchev–Trinajstić information content (AvgIpc) is 3.13. The molecule has 2 aromatic rings. The molecule has 0 aliphatic carbocycles. The van der Waals surface area contributed by atoms with Crippen LogP contribution in [-0.2, 0) is 6.54 Å². The van der Waals surface area contributed by atoms with Gasteiger partial charge in [-0.1, -0.05) is 36.4 Å². The summed E-state index contributed by atoms with van der Waals surface area (Å²) in [5.74, 6) is 0.966. The first-order chi connectivity index (χ1) is 11.4. The summed E-state index contributed by atoms with van der Waals surface area (Å²) in [6.07, 6.45) is 8.96. The SMILES string of the molecule is CN=C(NCCn1ccnc1)N1CC=C(c2ccccc2)CC1.I. The molecule has 1 aromatic carbocycles. The topological polar surface area (TPSA) is 45.5 Å². The number of rotatable bonds is 4. The van der Waals surface area contributed by atoms with Crippen molar-refractivity contribution in [2.45, 2.75) is 13.0 Å². The lowest BCUT2D eigenvalue weighted by molar-refractivity contribution is 0.438. The van der Waals surface area contributed by atoms with Crippen LogP contribution >= 0.6 is 24.0 Å². The molecule has 0 atom stereocenters. The number of hydrogen-bond donors (Lipinski definition) is 1. The number of hydrogen-bond acceptors (Lipinski definition) is 2. The number of aromatic nitrogens is 2. The third kappa shape index (κ3) is 4.83. The van der Waals surface area contributed by atoms with Crippen LogP contribution in [0.15, 0.2) is 60.1 Å². The maximum absolute atomic E-state index is 4.41. The van der Waals surface area contributed by atoms with Crippen LogP contribution < -0.4 is 5.32 Å². The van der Waals surface area contributed by atoms with Gasteiger partial charge in [-0.2, -0.15) is 0 Å². The summed E-state index contributed by atoms with van der Waals surface area (Å²) in [7, 11) is 1.84. The highest BCUT2D eigenvalue weighted by molar-refractivity contribution is 14.0. The molecular formula is C18H24IN5. The van der Waals surface area contributed by atoms with Crippen LogP contribution in [0.2, 0.25) is 0 Å². The van der Waals surface area contributed by atoms with E-state index in [0.29, 0.717) is 0 Å². The Balaban J connectivity index is 0.00000208. The van der Waals surface area contributed by atoms with Crippen LogP contribution in [-0.4, -0.2) is 47.1 Å². The molecule has 0 fully saturated rings. The van der Waals surface area contributed by atoms with E-state index in [-0.39, 0.29) is 24.0 Å². The molecule has 1 aliphatic rings. The largest absolute Gasteiger partial charge is 0.354 e. The second-order valence-electron chi connectivity index (χ2n) is 5.57. The Morgan fingerprint density at radius 1 is 1.29 bits per heavy atom. The smallest absolute Gasteiger partial charge is 0.194 e. The Kier molecular flexibility index (Phi) is 7.30. The first-order valence-corrected chi connectivity index (χ1v) is 8.02. The van der Waals surface area contributed by atoms with E-state index in [1.54, 1.807) is 6.20 Å². The van der Waals surface area contributed by atoms with Crippen molar-refractivity contribution in [3.8, 4) is 0 Å². The lowest BCUT2D eigenvalue weighted by atomic mass is 10.00. The van der Waals surface area contributed by atoms with Crippen LogP contribution in [0.5, 0.6) is 0 Å². The second-order valence-corrected chi connectivity index (χ2v) is 5.57. The summed E-state index contributed by atoms with van der Waals surface area (Å²) < 4.78 is 2.06. The third-order valence-corrected chi connectivity index (χ3v) is 4.08. The highest BCUT2D eigenvalue weighted by atomic mass is 127. The van der Waals surface area contributed by atoms with Crippen molar-refractivity contribution in [3.63, 3.8) is 0 Å². The standard InChI is InChI=1S/C18H23N5.HI/c1-19-18(21-10-14-22-13-9-20-15-22)23-11-7-17(8-12-23)16-5-3-2-4-6-16;/h2-7,9,13,15H,8,10-12,14H2,1H3,(H,19,21);1H. The number of halogens is 1. The minimum absolute atomic E-state index is 0. The van der Waals surface area contributed by atoms with Crippen molar-refractivity contribution in [2.75, 3.05) is 26.7 Å². The van der Waals surface area contributed by atoms with E-state index in [2.05, 4.69) is 61.2 Å². The van der Waals surface area contributed by atoms with Gasteiger partial charge in [0.1, 0.15) is 0 Å². The summed E-state index contributed by atoms with van der Waals surface area (Å²) in [6, 6.07) is 10.6. The number of benzene rings is 1. The van der Waals surface area contributed by atoms with Crippen LogP contribution in [0, 0.1) is 0 Å². The van der Waals surface area contributed by atoms with Gasteiger partial charge in [0.25, 0.3) is 0 Å². The van der Waals surface area contributed by atoms with Gasteiger partial charge in [0.2, 0.25) is 0 Å². The molecule has 3 rings (SSSR count). The predicted molar refractivity (Wildman–Crippen MR) is 110 cm³/mol. The molecule has 0 amide bonds. The fraction of sp³-hybridized carbons (Fsp3) is 0.333. The number of imidazole rings is 1. The molecule has 0 saturated heterocycles. The predicted octanol–water partition coefficient (Wildman–Crippen LogP) is 2.87. The Bertz CT molecular complexity index is 664. The molecule has 6 heteroatoms. The van der Waals surface area contributed by atoms with Crippen molar-refractivity contribution in [1.82, 2.24) is 19.8 Å². The molecule has 0 bridgehead atoms. The lowest BCUT2D eigenvalue weighted by Crippen LogP contribution is -2.44. The van der Waals surface area contributed by atoms with Crippen molar-refractivity contribution in [1.29, 1.82) is 0 Å². The van der Waals surface area contributed by atoms with Gasteiger partial charge in [-0.25, -0.2) is 4.98 Å². The average molecular weight is 437 g/mol. The molecule has 24 heavy (non-hydrogen) atoms. The Morgan fingerprint density at radius 3 is 2.75 bits per heavy atom. The van der Waals surface area contributed by atoms with Crippen LogP contribution in [0.4, 0.5) is 0 Å². The minimum atomic E-state index is 0. The maximum atomic E-state index is 4.41. The first kappa shape index (κ1) is 18.5. The van der Waals surface area contributed by atoms with E-state index in [1.807, 2.05) is 19.6 Å². The van der Waals surface area contributed by atoms with Gasteiger partial charge in [-0.3, -0.25) is 4.99 Å². The van der Waals surface area contributed by atoms with Crippen molar-refractivity contribution in [3.05, 3.63) is 60.7 Å². The van der Waals surface area contributed by atoms with Crippen molar-refractivity contribution in [2.24, 2.45) is 4.99 Å². The molecule has 0 unspecified atom stereocenters. The Labute approximate surface area is 160 Å². The molecule has 0 spiro atoms. The van der Waals surface area contributed by atoms with E-state index in [1.165, 1.54) is 11.1 Å². The van der Waals surface area contributed by atoms with Crippen LogP contribution in [0.1, 0.15) is 12.0 Å². The van der Waals surface area contributed by atoms with Crippen LogP contribution in [0.3, 0.4) is 0 Å². The first-order valence-electron chi connectivity index (χ1n) is 8.02. The highest BCUT2D eigenvalue weighted by Gasteiger charge is 2.15. The van der Waals surface area contributed by atoms with Gasteiger partial charge in [-0.15, -0.1) is 24.0 Å². The van der Waals surface area contributed by atoms with E-state index >= 15 is 0 Å². The van der Waals surface area contributed by atoms with Gasteiger partial charge < -0.3 is 14.8 Å². The number of nitrogens with one attached hydrogen (secondary N) is 1. The molecule has 128 valence electrons. The fourth-order valence-electron chi connectivity index (χ4n) is 2.82. The Hall–Kier alpha value is -1.83. The summed E-state index contributed by atoms with van der Waals surface area (Å²) in [4.78, 5) is 10.8. The molecule has 1 aromatic heterocycles. The summed E-state index contributed by atoms with van der Waals surface area (Å²) >= 11 is 0. The zero-order chi connectivity index (χ0) is 15.9. The summed E-state index contributed by atoms with van der Waals surface area (Å²) in [6.45, 7) is 3.62. The number of aliphatic imine (C=N–C) groups is 1. The maximum Gasteiger partial charge on any atom is 0.194 e. The van der Waals surface area contributed by atoms with Crippen molar-refractivity contribution >= 4 is 35.5 Å². The monoisotopic (exact) mass is 437 g/mol. The normalized spacial score (nSPS) is 14.8. The summed E-state index contributed by atoms with van der Waals surface area (Å²) in [5.41, 5.74) is 2.76. The van der Waals surface area contributed by atoms with Crippen molar-refractivity contribution < 1.29 is 0 Å². The molecule has 0 saturated carbocycles. The number of nitrogens with zero attached hydrogens (tertiary/aromatic N) is 4. The lowest BCUT2D eigenvalue weighted by Gasteiger charge is -2.29. The van der Waals surface area contributed by atoms with Gasteiger partial charge in [-0.05, 0) is 17.6 Å². The third-order valence-electron chi connectivity index (χ3n) is 4.08. The molecule has 1 aliphatic heterocycles. The van der Waals surface area contributed by atoms with Gasteiger partial charge in [0, 0.05) is 45.6 Å². The highest BCUT2D eigenvalue weighted by Crippen LogP contribution is 2.21. The van der Waals surface area contributed by atoms with Crippen LogP contribution in [0.25, 0.3) is 5.57 Å². The van der Waals surface area contributed by atoms with E-state index in [0.717, 1.165) is 38.6 Å². The van der Waals surface area contributed by atoms with Gasteiger partial charge >= 0.3 is 0 Å². The van der Waals surface area contributed by atoms with Gasteiger partial charge in [0.15, 0.2) is 5.96 Å². The fourth-order valence-corrected chi connectivity index (χ4v) is 2.82. The molecular weight excluding hydrogens is 413 g/mol. The Morgan fingerprint density at radius 2 is 2.12 bits per heavy atom.